The quantitative estimate of drug-likeness (QED) is 0.547. The molecule has 0 saturated heterocycles. The molecule has 4 nitrogen and oxygen atoms in total. The number of hydrogen-bond donors (Lipinski definition) is 2. The van der Waals surface area contributed by atoms with Gasteiger partial charge in [0, 0.05) is 12.0 Å². The van der Waals surface area contributed by atoms with Gasteiger partial charge in [0.1, 0.15) is 0 Å². The number of carbonyl (C=O) groups excluding carboxylic acids is 1. The van der Waals surface area contributed by atoms with Gasteiger partial charge in [-0.05, 0) is 6.92 Å². The molecule has 0 aromatic carbocycles. The summed E-state index contributed by atoms with van der Waals surface area (Å²) in [4.78, 5) is 21.2. The summed E-state index contributed by atoms with van der Waals surface area (Å²) < 4.78 is 0. The SMILES string of the molecule is CC1=C(C(=O)O)C(O)CC1=O. The van der Waals surface area contributed by atoms with Crippen LogP contribution < -0.4 is 0 Å². The third kappa shape index (κ3) is 1.17. The van der Waals surface area contributed by atoms with Crippen LogP contribution in [0.1, 0.15) is 13.3 Å². The molecule has 0 heterocycles. The zero-order valence-corrected chi connectivity index (χ0v) is 6.00. The van der Waals surface area contributed by atoms with Crippen molar-refractivity contribution < 1.29 is 19.8 Å². The van der Waals surface area contributed by atoms with Crippen LogP contribution in [0.5, 0.6) is 0 Å². The van der Waals surface area contributed by atoms with Crippen LogP contribution in [0.2, 0.25) is 0 Å². The lowest BCUT2D eigenvalue weighted by Crippen LogP contribution is -2.13. The highest BCUT2D eigenvalue weighted by atomic mass is 16.4. The van der Waals surface area contributed by atoms with Gasteiger partial charge in [0.25, 0.3) is 0 Å². The first-order chi connectivity index (χ1) is 5.04. The lowest BCUT2D eigenvalue weighted by molar-refractivity contribution is -0.133. The van der Waals surface area contributed by atoms with E-state index in [-0.39, 0.29) is 23.4 Å². The van der Waals surface area contributed by atoms with Gasteiger partial charge in [-0.1, -0.05) is 0 Å². The van der Waals surface area contributed by atoms with Gasteiger partial charge < -0.3 is 10.2 Å². The molecular weight excluding hydrogens is 148 g/mol. The van der Waals surface area contributed by atoms with Crippen LogP contribution in [0.3, 0.4) is 0 Å². The molecule has 0 aromatic rings. The lowest BCUT2D eigenvalue weighted by atomic mass is 10.1. The molecule has 0 bridgehead atoms. The van der Waals surface area contributed by atoms with E-state index in [4.69, 9.17) is 10.2 Å². The number of Topliss-reactive ketones (excluding diaryl/α,β-unsaturated/α-hetero) is 1. The van der Waals surface area contributed by atoms with E-state index >= 15 is 0 Å². The Morgan fingerprint density at radius 1 is 1.64 bits per heavy atom. The number of allylic oxidation sites excluding steroid dienone is 1. The topological polar surface area (TPSA) is 74.6 Å². The maximum absolute atomic E-state index is 10.8. The minimum atomic E-state index is -1.21. The van der Waals surface area contributed by atoms with Crippen molar-refractivity contribution >= 4 is 11.8 Å². The normalized spacial score (nSPS) is 24.5. The van der Waals surface area contributed by atoms with Gasteiger partial charge in [-0.25, -0.2) is 4.79 Å². The molecule has 0 aliphatic heterocycles. The van der Waals surface area contributed by atoms with Crippen molar-refractivity contribution in [3.8, 4) is 0 Å². The zero-order valence-electron chi connectivity index (χ0n) is 6.00. The highest BCUT2D eigenvalue weighted by Crippen LogP contribution is 2.22. The second-order valence-electron chi connectivity index (χ2n) is 2.49. The largest absolute Gasteiger partial charge is 0.478 e. The Labute approximate surface area is 63.1 Å². The van der Waals surface area contributed by atoms with E-state index < -0.39 is 12.1 Å². The summed E-state index contributed by atoms with van der Waals surface area (Å²) in [5.41, 5.74) is 0.0139. The van der Waals surface area contributed by atoms with E-state index in [1.807, 2.05) is 0 Å². The molecule has 0 aromatic heterocycles. The van der Waals surface area contributed by atoms with E-state index in [0.717, 1.165) is 0 Å². The summed E-state index contributed by atoms with van der Waals surface area (Å²) in [7, 11) is 0. The smallest absolute Gasteiger partial charge is 0.334 e. The van der Waals surface area contributed by atoms with Crippen molar-refractivity contribution in [3.63, 3.8) is 0 Å². The molecule has 60 valence electrons. The summed E-state index contributed by atoms with van der Waals surface area (Å²) >= 11 is 0. The van der Waals surface area contributed by atoms with Crippen LogP contribution >= 0.6 is 0 Å². The Morgan fingerprint density at radius 2 is 2.18 bits per heavy atom. The lowest BCUT2D eigenvalue weighted by Gasteiger charge is -2.00. The molecular formula is C7H8O4. The van der Waals surface area contributed by atoms with E-state index in [2.05, 4.69) is 0 Å². The first-order valence-electron chi connectivity index (χ1n) is 3.19. The molecule has 1 aliphatic carbocycles. The van der Waals surface area contributed by atoms with E-state index in [9.17, 15) is 9.59 Å². The summed E-state index contributed by atoms with van der Waals surface area (Å²) in [5, 5.41) is 17.5. The molecule has 0 radical (unpaired) electrons. The number of aliphatic hydroxyl groups excluding tert-OH is 1. The van der Waals surface area contributed by atoms with Crippen molar-refractivity contribution in [2.45, 2.75) is 19.4 Å². The van der Waals surface area contributed by atoms with Crippen molar-refractivity contribution in [2.75, 3.05) is 0 Å². The fourth-order valence-corrected chi connectivity index (χ4v) is 1.13. The number of carboxylic acid groups (broad SMARTS) is 1. The highest BCUT2D eigenvalue weighted by molar-refractivity contribution is 6.07. The predicted molar refractivity (Wildman–Crippen MR) is 36.0 cm³/mol. The molecule has 0 fully saturated rings. The second-order valence-corrected chi connectivity index (χ2v) is 2.49. The van der Waals surface area contributed by atoms with Gasteiger partial charge in [-0.2, -0.15) is 0 Å². The Balaban J connectivity index is 3.06. The molecule has 0 amide bonds. The van der Waals surface area contributed by atoms with Crippen LogP contribution in [0.4, 0.5) is 0 Å². The molecule has 1 aliphatic rings. The number of aliphatic carboxylic acids is 1. The number of aliphatic hydroxyl groups is 1. The molecule has 11 heavy (non-hydrogen) atoms. The summed E-state index contributed by atoms with van der Waals surface area (Å²) in [6.45, 7) is 1.42. The third-order valence-corrected chi connectivity index (χ3v) is 1.76. The predicted octanol–water partition coefficient (Wildman–Crippen LogP) is -0.279. The van der Waals surface area contributed by atoms with Crippen molar-refractivity contribution in [1.82, 2.24) is 0 Å². The van der Waals surface area contributed by atoms with Crippen molar-refractivity contribution in [1.29, 1.82) is 0 Å². The molecule has 1 unspecified atom stereocenters. The molecule has 1 rings (SSSR count). The van der Waals surface area contributed by atoms with Gasteiger partial charge in [0.05, 0.1) is 11.7 Å². The number of ketones is 1. The molecule has 0 spiro atoms. The molecule has 2 N–H and O–H groups in total. The van der Waals surface area contributed by atoms with Crippen molar-refractivity contribution in [3.05, 3.63) is 11.1 Å². The van der Waals surface area contributed by atoms with Crippen LogP contribution in [0.25, 0.3) is 0 Å². The van der Waals surface area contributed by atoms with Crippen LogP contribution in [0, 0.1) is 0 Å². The summed E-state index contributed by atoms with van der Waals surface area (Å²) in [5.74, 6) is -1.49. The Hall–Kier alpha value is -1.16. The van der Waals surface area contributed by atoms with Gasteiger partial charge >= 0.3 is 5.97 Å². The fraction of sp³-hybridized carbons (Fsp3) is 0.429. The fourth-order valence-electron chi connectivity index (χ4n) is 1.13. The number of hydrogen-bond acceptors (Lipinski definition) is 3. The standard InChI is InChI=1S/C7H8O4/c1-3-4(8)2-5(9)6(3)7(10)11/h5,9H,2H2,1H3,(H,10,11). The van der Waals surface area contributed by atoms with Gasteiger partial charge in [-0.3, -0.25) is 4.79 Å². The van der Waals surface area contributed by atoms with Gasteiger partial charge in [0.2, 0.25) is 0 Å². The minimum Gasteiger partial charge on any atom is -0.478 e. The molecule has 1 atom stereocenters. The summed E-state index contributed by atoms with van der Waals surface area (Å²) in [6, 6.07) is 0. The van der Waals surface area contributed by atoms with Gasteiger partial charge in [-0.15, -0.1) is 0 Å². The monoisotopic (exact) mass is 156 g/mol. The number of rotatable bonds is 1. The highest BCUT2D eigenvalue weighted by Gasteiger charge is 2.32. The first kappa shape index (κ1) is 7.94. The Morgan fingerprint density at radius 3 is 2.36 bits per heavy atom. The molecule has 0 saturated carbocycles. The van der Waals surface area contributed by atoms with Crippen LogP contribution in [-0.2, 0) is 9.59 Å². The van der Waals surface area contributed by atoms with Crippen LogP contribution in [-0.4, -0.2) is 28.1 Å². The minimum absolute atomic E-state index is 0.0898. The van der Waals surface area contributed by atoms with E-state index in [0.29, 0.717) is 0 Å². The summed E-state index contributed by atoms with van der Waals surface area (Å²) in [6.07, 6.45) is -1.20. The average Bonchev–Trinajstić information content (AvgIpc) is 2.07. The first-order valence-corrected chi connectivity index (χ1v) is 3.19. The maximum Gasteiger partial charge on any atom is 0.334 e. The second kappa shape index (κ2) is 2.47. The molecule has 4 heteroatoms. The average molecular weight is 156 g/mol. The number of carbonyl (C=O) groups is 2. The van der Waals surface area contributed by atoms with Crippen molar-refractivity contribution in [2.24, 2.45) is 0 Å². The Kier molecular flexibility index (Phi) is 1.78. The van der Waals surface area contributed by atoms with E-state index in [1.165, 1.54) is 6.92 Å². The third-order valence-electron chi connectivity index (χ3n) is 1.76. The zero-order chi connectivity index (χ0) is 8.59. The Bertz CT molecular complexity index is 251. The van der Waals surface area contributed by atoms with E-state index in [1.54, 1.807) is 0 Å². The maximum atomic E-state index is 10.8. The van der Waals surface area contributed by atoms with Gasteiger partial charge in [0.15, 0.2) is 5.78 Å². The van der Waals surface area contributed by atoms with Crippen LogP contribution in [0.15, 0.2) is 11.1 Å². The number of carboxylic acids is 1.